The van der Waals surface area contributed by atoms with Gasteiger partial charge in [-0.15, -0.1) is 24.0 Å². The molecule has 142 valence electrons. The van der Waals surface area contributed by atoms with Gasteiger partial charge in [0.15, 0.2) is 5.96 Å². The fourth-order valence-electron chi connectivity index (χ4n) is 3.47. The summed E-state index contributed by atoms with van der Waals surface area (Å²) in [6.45, 7) is 5.12. The Morgan fingerprint density at radius 3 is 2.73 bits per heavy atom. The molecule has 1 N–H and O–H groups in total. The molecule has 1 aliphatic rings. The standard InChI is InChI=1S/C19H28N6.HI/c1-19(10-9-16-7-5-4-6-8-16)11-12-25(14-19)18(20-2)21-13-17-22-15-23-24(17)3;/h4-8,15H,9-14H2,1-3H3,(H,20,21);1H. The van der Waals surface area contributed by atoms with Gasteiger partial charge < -0.3 is 10.2 Å². The van der Waals surface area contributed by atoms with E-state index in [1.807, 2.05) is 14.1 Å². The van der Waals surface area contributed by atoms with E-state index in [1.165, 1.54) is 18.4 Å². The first kappa shape index (κ1) is 20.7. The molecule has 0 saturated carbocycles. The van der Waals surface area contributed by atoms with Crippen LogP contribution in [0.4, 0.5) is 0 Å². The molecular formula is C19H29IN6. The number of hydrogen-bond acceptors (Lipinski definition) is 3. The third kappa shape index (κ3) is 5.18. The fourth-order valence-corrected chi connectivity index (χ4v) is 3.47. The van der Waals surface area contributed by atoms with Crippen molar-refractivity contribution in [3.63, 3.8) is 0 Å². The first-order valence-electron chi connectivity index (χ1n) is 8.92. The first-order valence-corrected chi connectivity index (χ1v) is 8.92. The second-order valence-electron chi connectivity index (χ2n) is 7.17. The number of hydrogen-bond donors (Lipinski definition) is 1. The fraction of sp³-hybridized carbons (Fsp3) is 0.526. The van der Waals surface area contributed by atoms with E-state index in [9.17, 15) is 0 Å². The number of aryl methyl sites for hydroxylation is 2. The molecule has 1 fully saturated rings. The third-order valence-corrected chi connectivity index (χ3v) is 5.14. The minimum Gasteiger partial charge on any atom is -0.349 e. The maximum atomic E-state index is 4.46. The lowest BCUT2D eigenvalue weighted by Gasteiger charge is -2.26. The smallest absolute Gasteiger partial charge is 0.194 e. The summed E-state index contributed by atoms with van der Waals surface area (Å²) in [5.41, 5.74) is 1.75. The zero-order chi connectivity index (χ0) is 17.7. The maximum Gasteiger partial charge on any atom is 0.194 e. The average molecular weight is 468 g/mol. The topological polar surface area (TPSA) is 58.3 Å². The van der Waals surface area contributed by atoms with Crippen LogP contribution in [0.5, 0.6) is 0 Å². The molecule has 0 radical (unpaired) electrons. The zero-order valence-corrected chi connectivity index (χ0v) is 18.2. The highest BCUT2D eigenvalue weighted by Gasteiger charge is 2.34. The summed E-state index contributed by atoms with van der Waals surface area (Å²) < 4.78 is 1.79. The van der Waals surface area contributed by atoms with Gasteiger partial charge in [-0.25, -0.2) is 4.98 Å². The molecule has 1 aliphatic heterocycles. The van der Waals surface area contributed by atoms with Crippen LogP contribution < -0.4 is 5.32 Å². The Morgan fingerprint density at radius 2 is 2.08 bits per heavy atom. The van der Waals surface area contributed by atoms with E-state index >= 15 is 0 Å². The van der Waals surface area contributed by atoms with Crippen LogP contribution in [0.15, 0.2) is 41.7 Å². The molecule has 1 unspecified atom stereocenters. The van der Waals surface area contributed by atoms with Crippen molar-refractivity contribution in [3.8, 4) is 0 Å². The van der Waals surface area contributed by atoms with E-state index in [-0.39, 0.29) is 24.0 Å². The minimum absolute atomic E-state index is 0. The second kappa shape index (κ2) is 9.34. The van der Waals surface area contributed by atoms with E-state index in [1.54, 1.807) is 11.0 Å². The van der Waals surface area contributed by atoms with Crippen LogP contribution in [0.3, 0.4) is 0 Å². The van der Waals surface area contributed by atoms with Crippen LogP contribution in [0.25, 0.3) is 0 Å². The number of rotatable bonds is 5. The van der Waals surface area contributed by atoms with Gasteiger partial charge in [-0.1, -0.05) is 37.3 Å². The van der Waals surface area contributed by atoms with Crippen molar-refractivity contribution in [2.75, 3.05) is 20.1 Å². The summed E-state index contributed by atoms with van der Waals surface area (Å²) in [7, 11) is 3.75. The highest BCUT2D eigenvalue weighted by Crippen LogP contribution is 2.34. The molecule has 26 heavy (non-hydrogen) atoms. The van der Waals surface area contributed by atoms with Gasteiger partial charge in [0.2, 0.25) is 0 Å². The van der Waals surface area contributed by atoms with Crippen molar-refractivity contribution in [3.05, 3.63) is 48.0 Å². The normalized spacial score (nSPS) is 20.1. The zero-order valence-electron chi connectivity index (χ0n) is 15.9. The van der Waals surface area contributed by atoms with Crippen molar-refractivity contribution >= 4 is 29.9 Å². The summed E-state index contributed by atoms with van der Waals surface area (Å²) in [6.07, 6.45) is 5.12. The SMILES string of the molecule is CN=C(NCc1ncnn1C)N1CCC(C)(CCc2ccccc2)C1.I. The number of halogens is 1. The summed E-state index contributed by atoms with van der Waals surface area (Å²) in [4.78, 5) is 11.1. The van der Waals surface area contributed by atoms with E-state index in [2.05, 4.69) is 62.5 Å². The molecule has 1 aromatic carbocycles. The number of likely N-dealkylation sites (tertiary alicyclic amines) is 1. The predicted molar refractivity (Wildman–Crippen MR) is 116 cm³/mol. The Labute approximate surface area is 173 Å². The number of nitrogens with zero attached hydrogens (tertiary/aromatic N) is 5. The maximum absolute atomic E-state index is 4.46. The summed E-state index contributed by atoms with van der Waals surface area (Å²) in [6, 6.07) is 10.8. The molecule has 0 amide bonds. The van der Waals surface area contributed by atoms with Crippen LogP contribution in [-0.4, -0.2) is 45.8 Å². The molecule has 7 heteroatoms. The first-order chi connectivity index (χ1) is 12.1. The van der Waals surface area contributed by atoms with Crippen molar-refractivity contribution in [2.24, 2.45) is 17.5 Å². The van der Waals surface area contributed by atoms with E-state index < -0.39 is 0 Å². The highest BCUT2D eigenvalue weighted by molar-refractivity contribution is 14.0. The van der Waals surface area contributed by atoms with Gasteiger partial charge in [0, 0.05) is 27.2 Å². The van der Waals surface area contributed by atoms with E-state index in [0.29, 0.717) is 12.0 Å². The number of benzene rings is 1. The molecule has 3 rings (SSSR count). The molecule has 0 spiro atoms. The molecular weight excluding hydrogens is 439 g/mol. The Bertz CT molecular complexity index is 714. The van der Waals surface area contributed by atoms with Gasteiger partial charge in [-0.2, -0.15) is 5.10 Å². The number of nitrogens with one attached hydrogen (secondary N) is 1. The van der Waals surface area contributed by atoms with Crippen molar-refractivity contribution < 1.29 is 0 Å². The van der Waals surface area contributed by atoms with Crippen LogP contribution in [0, 0.1) is 5.41 Å². The highest BCUT2D eigenvalue weighted by atomic mass is 127. The van der Waals surface area contributed by atoms with Crippen LogP contribution in [-0.2, 0) is 20.0 Å². The van der Waals surface area contributed by atoms with Gasteiger partial charge in [-0.3, -0.25) is 9.67 Å². The molecule has 0 aliphatic carbocycles. The lowest BCUT2D eigenvalue weighted by molar-refractivity contribution is 0.308. The van der Waals surface area contributed by atoms with Crippen LogP contribution in [0.2, 0.25) is 0 Å². The Balaban J connectivity index is 0.00000243. The van der Waals surface area contributed by atoms with Crippen molar-refractivity contribution in [1.82, 2.24) is 25.0 Å². The molecule has 6 nitrogen and oxygen atoms in total. The molecule has 1 saturated heterocycles. The number of guanidine groups is 1. The number of aromatic nitrogens is 3. The van der Waals surface area contributed by atoms with Gasteiger partial charge in [0.25, 0.3) is 0 Å². The van der Waals surface area contributed by atoms with Crippen molar-refractivity contribution in [1.29, 1.82) is 0 Å². The molecule has 2 aromatic rings. The average Bonchev–Trinajstić information content (AvgIpc) is 3.22. The monoisotopic (exact) mass is 468 g/mol. The molecule has 0 bridgehead atoms. The van der Waals surface area contributed by atoms with Gasteiger partial charge in [0.05, 0.1) is 6.54 Å². The lowest BCUT2D eigenvalue weighted by Crippen LogP contribution is -2.41. The largest absolute Gasteiger partial charge is 0.349 e. The summed E-state index contributed by atoms with van der Waals surface area (Å²) in [5, 5.41) is 7.52. The summed E-state index contributed by atoms with van der Waals surface area (Å²) in [5.74, 6) is 1.86. The molecule has 1 aromatic heterocycles. The van der Waals surface area contributed by atoms with Crippen LogP contribution in [0.1, 0.15) is 31.2 Å². The lowest BCUT2D eigenvalue weighted by atomic mass is 9.83. The van der Waals surface area contributed by atoms with Gasteiger partial charge in [0.1, 0.15) is 12.2 Å². The van der Waals surface area contributed by atoms with Gasteiger partial charge >= 0.3 is 0 Å². The van der Waals surface area contributed by atoms with Crippen molar-refractivity contribution in [2.45, 2.75) is 32.7 Å². The van der Waals surface area contributed by atoms with Gasteiger partial charge in [-0.05, 0) is 30.2 Å². The minimum atomic E-state index is 0. The molecule has 1 atom stereocenters. The van der Waals surface area contributed by atoms with E-state index in [4.69, 9.17) is 0 Å². The predicted octanol–water partition coefficient (Wildman–Crippen LogP) is 2.85. The Hall–Kier alpha value is -1.64. The number of aliphatic imine (C=N–C) groups is 1. The Morgan fingerprint density at radius 1 is 1.31 bits per heavy atom. The van der Waals surface area contributed by atoms with Crippen LogP contribution >= 0.6 is 24.0 Å². The Kier molecular flexibility index (Phi) is 7.43. The summed E-state index contributed by atoms with van der Waals surface area (Å²) >= 11 is 0. The quantitative estimate of drug-likeness (QED) is 0.417. The van der Waals surface area contributed by atoms with E-state index in [0.717, 1.165) is 31.3 Å². The third-order valence-electron chi connectivity index (χ3n) is 5.14. The second-order valence-corrected chi connectivity index (χ2v) is 7.17. The molecule has 2 heterocycles.